The molecule has 0 amide bonds. The highest BCUT2D eigenvalue weighted by Gasteiger charge is 2.23. The van der Waals surface area contributed by atoms with Crippen molar-refractivity contribution in [2.45, 2.75) is 18.9 Å². The summed E-state index contributed by atoms with van der Waals surface area (Å²) in [5.41, 5.74) is 0. The Bertz CT molecular complexity index is 239. The third-order valence-electron chi connectivity index (χ3n) is 2.63. The zero-order valence-corrected chi connectivity index (χ0v) is 7.57. The van der Waals surface area contributed by atoms with Crippen LogP contribution in [0.25, 0.3) is 0 Å². The van der Waals surface area contributed by atoms with E-state index in [2.05, 4.69) is 5.32 Å². The van der Waals surface area contributed by atoms with Crippen LogP contribution < -0.4 is 5.32 Å². The molecule has 0 aliphatic carbocycles. The first-order valence-corrected chi connectivity index (χ1v) is 4.77. The molecule has 1 aliphatic heterocycles. The minimum Gasteiger partial charge on any atom is -0.469 e. The summed E-state index contributed by atoms with van der Waals surface area (Å²) in [5, 5.41) is 13.1. The van der Waals surface area contributed by atoms with Crippen LogP contribution >= 0.6 is 0 Å². The Kier molecular flexibility index (Phi) is 2.66. The molecular formula is C10H15NO2. The van der Waals surface area contributed by atoms with E-state index in [9.17, 15) is 5.11 Å². The Balaban J connectivity index is 1.87. The molecule has 3 nitrogen and oxygen atoms in total. The summed E-state index contributed by atoms with van der Waals surface area (Å²) in [6, 6.07) is 3.76. The summed E-state index contributed by atoms with van der Waals surface area (Å²) in [5.74, 6) is 1.27. The van der Waals surface area contributed by atoms with E-state index in [0.717, 1.165) is 25.3 Å². The van der Waals surface area contributed by atoms with Crippen molar-refractivity contribution in [3.8, 4) is 0 Å². The van der Waals surface area contributed by atoms with Crippen LogP contribution in [0.4, 0.5) is 0 Å². The highest BCUT2D eigenvalue weighted by atomic mass is 16.3. The number of aliphatic hydroxyl groups excluding tert-OH is 1. The molecule has 0 saturated carbocycles. The first kappa shape index (κ1) is 8.78. The van der Waals surface area contributed by atoms with Crippen molar-refractivity contribution in [3.63, 3.8) is 0 Å². The predicted octanol–water partition coefficient (Wildman–Crippen LogP) is 0.792. The zero-order chi connectivity index (χ0) is 9.10. The summed E-state index contributed by atoms with van der Waals surface area (Å²) in [6.07, 6.45) is 3.09. The van der Waals surface area contributed by atoms with Gasteiger partial charge in [-0.05, 0) is 31.0 Å². The van der Waals surface area contributed by atoms with Crippen LogP contribution in [0, 0.1) is 5.92 Å². The molecule has 13 heavy (non-hydrogen) atoms. The van der Waals surface area contributed by atoms with Crippen LogP contribution in [0.2, 0.25) is 0 Å². The van der Waals surface area contributed by atoms with Crippen molar-refractivity contribution in [1.82, 2.24) is 5.32 Å². The molecule has 0 bridgehead atoms. The topological polar surface area (TPSA) is 45.4 Å². The van der Waals surface area contributed by atoms with Crippen molar-refractivity contribution >= 4 is 0 Å². The lowest BCUT2D eigenvalue weighted by atomic mass is 9.98. The monoisotopic (exact) mass is 181 g/mol. The maximum atomic E-state index is 9.82. The number of aliphatic hydroxyl groups is 1. The lowest BCUT2D eigenvalue weighted by Gasteiger charge is -2.15. The SMILES string of the molecule is OC(Cc1ccco1)[C@@H]1CCNC1. The van der Waals surface area contributed by atoms with Crippen LogP contribution in [-0.4, -0.2) is 24.3 Å². The van der Waals surface area contributed by atoms with Gasteiger partial charge in [-0.25, -0.2) is 0 Å². The largest absolute Gasteiger partial charge is 0.469 e. The van der Waals surface area contributed by atoms with Gasteiger partial charge in [-0.2, -0.15) is 0 Å². The van der Waals surface area contributed by atoms with E-state index >= 15 is 0 Å². The molecule has 72 valence electrons. The van der Waals surface area contributed by atoms with Crippen LogP contribution in [0.15, 0.2) is 22.8 Å². The Morgan fingerprint density at radius 2 is 2.62 bits per heavy atom. The molecule has 2 N–H and O–H groups in total. The Hall–Kier alpha value is -0.800. The first-order valence-electron chi connectivity index (χ1n) is 4.77. The second-order valence-corrected chi connectivity index (χ2v) is 3.60. The summed E-state index contributed by atoms with van der Waals surface area (Å²) in [7, 11) is 0. The highest BCUT2D eigenvalue weighted by Crippen LogP contribution is 2.16. The molecular weight excluding hydrogens is 166 g/mol. The van der Waals surface area contributed by atoms with E-state index in [4.69, 9.17) is 4.42 Å². The van der Waals surface area contributed by atoms with Gasteiger partial charge < -0.3 is 14.8 Å². The second-order valence-electron chi connectivity index (χ2n) is 3.60. The Labute approximate surface area is 77.8 Å². The normalized spacial score (nSPS) is 24.8. The van der Waals surface area contributed by atoms with Crippen molar-refractivity contribution < 1.29 is 9.52 Å². The smallest absolute Gasteiger partial charge is 0.106 e. The van der Waals surface area contributed by atoms with Crippen molar-refractivity contribution in [2.75, 3.05) is 13.1 Å². The fourth-order valence-electron chi connectivity index (χ4n) is 1.81. The summed E-state index contributed by atoms with van der Waals surface area (Å²) >= 11 is 0. The van der Waals surface area contributed by atoms with Gasteiger partial charge >= 0.3 is 0 Å². The van der Waals surface area contributed by atoms with Gasteiger partial charge in [0.1, 0.15) is 5.76 Å². The molecule has 2 atom stereocenters. The average Bonchev–Trinajstić information content (AvgIpc) is 2.74. The van der Waals surface area contributed by atoms with E-state index < -0.39 is 0 Å². The second kappa shape index (κ2) is 3.94. The molecule has 2 rings (SSSR count). The average molecular weight is 181 g/mol. The van der Waals surface area contributed by atoms with Crippen LogP contribution in [0.3, 0.4) is 0 Å². The standard InChI is InChI=1S/C10H15NO2/c12-10(8-3-4-11-7-8)6-9-2-1-5-13-9/h1-2,5,8,10-12H,3-4,6-7H2/t8-,10?/m1/s1. The van der Waals surface area contributed by atoms with Gasteiger partial charge in [0.25, 0.3) is 0 Å². The third-order valence-corrected chi connectivity index (χ3v) is 2.63. The van der Waals surface area contributed by atoms with Crippen molar-refractivity contribution in [2.24, 2.45) is 5.92 Å². The zero-order valence-electron chi connectivity index (χ0n) is 7.57. The van der Waals surface area contributed by atoms with Gasteiger partial charge in [-0.15, -0.1) is 0 Å². The molecule has 1 unspecified atom stereocenters. The first-order chi connectivity index (χ1) is 6.36. The van der Waals surface area contributed by atoms with Crippen LogP contribution in [0.1, 0.15) is 12.2 Å². The fourth-order valence-corrected chi connectivity index (χ4v) is 1.81. The van der Waals surface area contributed by atoms with E-state index in [0.29, 0.717) is 12.3 Å². The van der Waals surface area contributed by atoms with Crippen molar-refractivity contribution in [1.29, 1.82) is 0 Å². The number of hydrogen-bond donors (Lipinski definition) is 2. The lowest BCUT2D eigenvalue weighted by Crippen LogP contribution is -2.24. The number of rotatable bonds is 3. The Morgan fingerprint density at radius 1 is 1.69 bits per heavy atom. The molecule has 0 aromatic carbocycles. The van der Waals surface area contributed by atoms with Gasteiger partial charge in [-0.1, -0.05) is 0 Å². The molecule has 1 aliphatic rings. The minimum atomic E-state index is -0.263. The van der Waals surface area contributed by atoms with E-state index in [1.807, 2.05) is 12.1 Å². The summed E-state index contributed by atoms with van der Waals surface area (Å²) in [4.78, 5) is 0. The minimum absolute atomic E-state index is 0.263. The Morgan fingerprint density at radius 3 is 3.23 bits per heavy atom. The van der Waals surface area contributed by atoms with E-state index in [1.54, 1.807) is 6.26 Å². The van der Waals surface area contributed by atoms with Gasteiger partial charge in [0.2, 0.25) is 0 Å². The number of nitrogens with one attached hydrogen (secondary N) is 1. The maximum Gasteiger partial charge on any atom is 0.106 e. The number of hydrogen-bond acceptors (Lipinski definition) is 3. The highest BCUT2D eigenvalue weighted by molar-refractivity contribution is 5.00. The van der Waals surface area contributed by atoms with E-state index in [1.165, 1.54) is 0 Å². The van der Waals surface area contributed by atoms with Gasteiger partial charge in [-0.3, -0.25) is 0 Å². The molecule has 3 heteroatoms. The molecule has 1 aromatic heterocycles. The predicted molar refractivity (Wildman–Crippen MR) is 49.4 cm³/mol. The number of furan rings is 1. The quantitative estimate of drug-likeness (QED) is 0.724. The molecule has 1 fully saturated rings. The summed E-state index contributed by atoms with van der Waals surface area (Å²) in [6.45, 7) is 1.96. The van der Waals surface area contributed by atoms with Crippen molar-refractivity contribution in [3.05, 3.63) is 24.2 Å². The molecule has 0 radical (unpaired) electrons. The lowest BCUT2D eigenvalue weighted by molar-refractivity contribution is 0.111. The third kappa shape index (κ3) is 2.11. The molecule has 1 saturated heterocycles. The van der Waals surface area contributed by atoms with E-state index in [-0.39, 0.29) is 6.10 Å². The molecule has 0 spiro atoms. The van der Waals surface area contributed by atoms with Gasteiger partial charge in [0, 0.05) is 13.0 Å². The fraction of sp³-hybridized carbons (Fsp3) is 0.600. The maximum absolute atomic E-state index is 9.82. The molecule has 1 aromatic rings. The van der Waals surface area contributed by atoms with Gasteiger partial charge in [0.15, 0.2) is 0 Å². The van der Waals surface area contributed by atoms with Gasteiger partial charge in [0.05, 0.1) is 12.4 Å². The molecule has 2 heterocycles. The summed E-state index contributed by atoms with van der Waals surface area (Å²) < 4.78 is 5.18. The van der Waals surface area contributed by atoms with Crippen LogP contribution in [-0.2, 0) is 6.42 Å². The van der Waals surface area contributed by atoms with Crippen LogP contribution in [0.5, 0.6) is 0 Å².